The maximum absolute atomic E-state index is 7.13. The molecule has 0 aromatic heterocycles. The normalized spacial score (nSPS) is 16.2. The first-order valence-electron chi connectivity index (χ1n) is 6.97. The molecule has 0 saturated carbocycles. The van der Waals surface area contributed by atoms with Crippen molar-refractivity contribution in [1.82, 2.24) is 0 Å². The summed E-state index contributed by atoms with van der Waals surface area (Å²) in [5.74, 6) is 1.47. The molecule has 2 rings (SSSR count). The van der Waals surface area contributed by atoms with Gasteiger partial charge in [0.05, 0.1) is 39.6 Å². The smallest absolute Gasteiger partial charge is 0.753 e. The summed E-state index contributed by atoms with van der Waals surface area (Å²) in [4.78, 5) is 0. The van der Waals surface area contributed by atoms with Crippen LogP contribution in [0.3, 0.4) is 0 Å². The molecule has 1 aliphatic rings. The number of hydrogen-bond donors (Lipinski definition) is 0. The molecule has 23 heavy (non-hydrogen) atoms. The summed E-state index contributed by atoms with van der Waals surface area (Å²) in [5, 5.41) is 8.47. The van der Waals surface area contributed by atoms with E-state index in [1.165, 1.54) is 5.16 Å². The van der Waals surface area contributed by atoms with E-state index in [4.69, 9.17) is 29.1 Å². The zero-order valence-corrected chi connectivity index (χ0v) is 16.2. The maximum Gasteiger partial charge on any atom is 1.00 e. The molecule has 0 spiro atoms. The Bertz CT molecular complexity index is 411. The van der Waals surface area contributed by atoms with Crippen LogP contribution in [0, 0.1) is 0 Å². The molecule has 1 aromatic rings. The fraction of sp³-hybridized carbons (Fsp3) is 0.533. The van der Waals surface area contributed by atoms with Crippen molar-refractivity contribution in [2.75, 3.05) is 52.9 Å². The molecule has 0 N–H and O–H groups in total. The first kappa shape index (κ1) is 22.5. The quantitative estimate of drug-likeness (QED) is 0.346. The molecule has 0 aliphatic carbocycles. The van der Waals surface area contributed by atoms with Crippen LogP contribution in [0.15, 0.2) is 24.3 Å². The molecule has 0 saturated heterocycles. The number of ether oxygens (including phenoxy) is 5. The monoisotopic (exact) mass is 349 g/mol. The molecule has 1 aliphatic heterocycles. The fourth-order valence-electron chi connectivity index (χ4n) is 1.65. The summed E-state index contributed by atoms with van der Waals surface area (Å²) < 4.78 is 27.4. The topological polar surface area (TPSA) is 68.5 Å². The van der Waals surface area contributed by atoms with Gasteiger partial charge in [-0.25, -0.2) is 0 Å². The van der Waals surface area contributed by atoms with E-state index in [-0.39, 0.29) is 29.6 Å². The Morgan fingerprint density at radius 1 is 0.739 bits per heavy atom. The average molecular weight is 349 g/mol. The third-order valence-electron chi connectivity index (χ3n) is 2.56. The molecule has 0 atom stereocenters. The van der Waals surface area contributed by atoms with E-state index in [9.17, 15) is 0 Å². The van der Waals surface area contributed by atoms with Gasteiger partial charge in [-0.3, -0.25) is 0 Å². The molecule has 1 heterocycles. The van der Waals surface area contributed by atoms with Gasteiger partial charge in [0.2, 0.25) is 0 Å². The van der Waals surface area contributed by atoms with E-state index >= 15 is 0 Å². The van der Waals surface area contributed by atoms with Crippen LogP contribution < -0.4 is 39.0 Å². The van der Waals surface area contributed by atoms with Crippen molar-refractivity contribution in [1.29, 1.82) is 0 Å². The van der Waals surface area contributed by atoms with Crippen molar-refractivity contribution in [3.63, 3.8) is 0 Å². The zero-order valence-electron chi connectivity index (χ0n) is 13.4. The second kappa shape index (κ2) is 16.4. The van der Waals surface area contributed by atoms with E-state index in [1.54, 1.807) is 0 Å². The van der Waals surface area contributed by atoms with E-state index in [1.807, 2.05) is 24.3 Å². The Hall–Kier alpha value is -0.500. The number of para-hydroxylation sites is 2. The minimum absolute atomic E-state index is 0. The van der Waals surface area contributed by atoms with Crippen LogP contribution in [0.2, 0.25) is 0 Å². The van der Waals surface area contributed by atoms with Gasteiger partial charge in [-0.05, 0) is 12.1 Å². The van der Waals surface area contributed by atoms with Gasteiger partial charge >= 0.3 is 29.6 Å². The van der Waals surface area contributed by atoms with E-state index in [0.29, 0.717) is 52.9 Å². The standard InChI is InChI=1S/C14H20O5.CNS.Na/c1-2-4-14-13(3-1)18-11-9-16-7-5-15-6-8-17-10-12-19-14;2-1-3;/h1-4H,5-12H2;;/q;-1;+1. The number of nitrogens with zero attached hydrogens (tertiary/aromatic N) is 1. The van der Waals surface area contributed by atoms with Crippen molar-refractivity contribution in [2.24, 2.45) is 0 Å². The minimum atomic E-state index is 0. The zero-order chi connectivity index (χ0) is 15.9. The number of hydrogen-bond acceptors (Lipinski definition) is 6. The summed E-state index contributed by atoms with van der Waals surface area (Å²) in [6, 6.07) is 7.61. The number of fused-ring (bicyclic) bond motifs is 1. The summed E-state index contributed by atoms with van der Waals surface area (Å²) in [6.45, 7) is 4.37. The van der Waals surface area contributed by atoms with Gasteiger partial charge < -0.3 is 29.1 Å². The molecule has 6 nitrogen and oxygen atoms in total. The molecule has 0 unspecified atom stereocenters. The molecule has 0 radical (unpaired) electrons. The minimum Gasteiger partial charge on any atom is -0.753 e. The van der Waals surface area contributed by atoms with E-state index < -0.39 is 0 Å². The van der Waals surface area contributed by atoms with Gasteiger partial charge in [-0.1, -0.05) is 24.4 Å². The number of benzene rings is 1. The van der Waals surface area contributed by atoms with E-state index in [0.717, 1.165) is 11.5 Å². The van der Waals surface area contributed by atoms with Crippen molar-refractivity contribution in [2.45, 2.75) is 0 Å². The summed E-state index contributed by atoms with van der Waals surface area (Å²) in [7, 11) is 0. The van der Waals surface area contributed by atoms with Gasteiger partial charge in [0.1, 0.15) is 13.2 Å². The van der Waals surface area contributed by atoms with Crippen LogP contribution in [0.4, 0.5) is 0 Å². The van der Waals surface area contributed by atoms with Crippen molar-refractivity contribution >= 4 is 17.4 Å². The SMILES string of the molecule is [N-]=C=S.[Na+].c1ccc2c(c1)OCCOCCOCCOCCO2. The molecule has 1 aromatic carbocycles. The van der Waals surface area contributed by atoms with Crippen LogP contribution in [-0.2, 0) is 14.2 Å². The van der Waals surface area contributed by atoms with Gasteiger partial charge in [0, 0.05) is 0 Å². The number of isothiocyanates is 1. The van der Waals surface area contributed by atoms with Gasteiger partial charge in [-0.15, -0.1) is 0 Å². The third-order valence-corrected chi connectivity index (χ3v) is 2.56. The molecule has 0 amide bonds. The number of rotatable bonds is 0. The summed E-state index contributed by atoms with van der Waals surface area (Å²) in [6.07, 6.45) is 0. The predicted octanol–water partition coefficient (Wildman–Crippen LogP) is -0.830. The van der Waals surface area contributed by atoms with Crippen molar-refractivity contribution in [3.8, 4) is 11.5 Å². The first-order chi connectivity index (χ1) is 10.9. The summed E-state index contributed by atoms with van der Waals surface area (Å²) >= 11 is 3.70. The molecule has 122 valence electrons. The van der Waals surface area contributed by atoms with Crippen LogP contribution in [-0.4, -0.2) is 58.0 Å². The second-order valence-corrected chi connectivity index (χ2v) is 4.25. The third kappa shape index (κ3) is 11.6. The summed E-state index contributed by atoms with van der Waals surface area (Å²) in [5.41, 5.74) is 0. The molecule has 0 fully saturated rings. The van der Waals surface area contributed by atoms with Crippen LogP contribution in [0.5, 0.6) is 11.5 Å². The molecular formula is C15H20NNaO5S. The van der Waals surface area contributed by atoms with Crippen molar-refractivity contribution < 1.29 is 53.2 Å². The van der Waals surface area contributed by atoms with Gasteiger partial charge in [0.15, 0.2) is 11.5 Å². The molecular weight excluding hydrogens is 329 g/mol. The van der Waals surface area contributed by atoms with Crippen LogP contribution in [0.1, 0.15) is 0 Å². The Morgan fingerprint density at radius 3 is 1.39 bits per heavy atom. The first-order valence-corrected chi connectivity index (χ1v) is 7.38. The Morgan fingerprint density at radius 2 is 1.04 bits per heavy atom. The largest absolute Gasteiger partial charge is 1.00 e. The van der Waals surface area contributed by atoms with Gasteiger partial charge in [-0.2, -0.15) is 5.16 Å². The Labute approximate surface area is 164 Å². The molecule has 0 bridgehead atoms. The second-order valence-electron chi connectivity index (χ2n) is 4.07. The van der Waals surface area contributed by atoms with Crippen LogP contribution >= 0.6 is 12.2 Å². The predicted molar refractivity (Wildman–Crippen MR) is 85.8 cm³/mol. The maximum atomic E-state index is 7.13. The van der Waals surface area contributed by atoms with Crippen molar-refractivity contribution in [3.05, 3.63) is 29.7 Å². The molecule has 8 heteroatoms. The number of thiocarbonyl (C=S) groups is 1. The van der Waals surface area contributed by atoms with Gasteiger partial charge in [0.25, 0.3) is 0 Å². The van der Waals surface area contributed by atoms with E-state index in [2.05, 4.69) is 12.2 Å². The average Bonchev–Trinajstić information content (AvgIpc) is 2.54. The van der Waals surface area contributed by atoms with Crippen LogP contribution in [0.25, 0.3) is 5.41 Å². The fourth-order valence-corrected chi connectivity index (χ4v) is 1.65. The Balaban J connectivity index is 0.00000112. The Kier molecular flexibility index (Phi) is 16.0.